The Balaban J connectivity index is 1.40. The van der Waals surface area contributed by atoms with Gasteiger partial charge in [-0.25, -0.2) is 4.79 Å². The van der Waals surface area contributed by atoms with Crippen molar-refractivity contribution in [2.45, 2.75) is 38.0 Å². The Hall–Kier alpha value is -1.59. The van der Waals surface area contributed by atoms with Crippen LogP contribution in [0, 0.1) is 5.92 Å². The zero-order chi connectivity index (χ0) is 15.4. The second-order valence-corrected chi connectivity index (χ2v) is 6.26. The molecule has 5 nitrogen and oxygen atoms in total. The lowest BCUT2D eigenvalue weighted by Crippen LogP contribution is -2.58. The van der Waals surface area contributed by atoms with Crippen LogP contribution in [-0.2, 0) is 11.3 Å². The summed E-state index contributed by atoms with van der Waals surface area (Å²) in [6.45, 7) is 1.95. The van der Waals surface area contributed by atoms with Gasteiger partial charge in [-0.15, -0.1) is 0 Å². The van der Waals surface area contributed by atoms with Crippen molar-refractivity contribution in [1.82, 2.24) is 10.2 Å². The summed E-state index contributed by atoms with van der Waals surface area (Å²) in [6, 6.07) is 10.6. The minimum Gasteiger partial charge on any atom is -0.445 e. The van der Waals surface area contributed by atoms with Crippen LogP contribution in [0.5, 0.6) is 0 Å². The number of carbonyl (C=O) groups excluding carboxylic acids is 1. The van der Waals surface area contributed by atoms with Crippen LogP contribution < -0.4 is 5.32 Å². The monoisotopic (exact) mass is 304 g/mol. The number of likely N-dealkylation sites (tertiary alicyclic amines) is 1. The van der Waals surface area contributed by atoms with Crippen molar-refractivity contribution in [1.29, 1.82) is 0 Å². The van der Waals surface area contributed by atoms with Gasteiger partial charge < -0.3 is 20.1 Å². The topological polar surface area (TPSA) is 61.8 Å². The van der Waals surface area contributed by atoms with Gasteiger partial charge in [0.2, 0.25) is 0 Å². The molecular formula is C17H24N2O3. The van der Waals surface area contributed by atoms with Gasteiger partial charge in [0.05, 0.1) is 0 Å². The lowest BCUT2D eigenvalue weighted by atomic mass is 9.90. The summed E-state index contributed by atoms with van der Waals surface area (Å²) in [5, 5.41) is 12.8. The van der Waals surface area contributed by atoms with Gasteiger partial charge >= 0.3 is 6.09 Å². The van der Waals surface area contributed by atoms with Crippen LogP contribution in [0.15, 0.2) is 30.3 Å². The van der Waals surface area contributed by atoms with E-state index >= 15 is 0 Å². The molecule has 3 rings (SSSR count). The van der Waals surface area contributed by atoms with Crippen molar-refractivity contribution in [2.75, 3.05) is 19.7 Å². The van der Waals surface area contributed by atoms with Gasteiger partial charge in [-0.1, -0.05) is 30.3 Å². The van der Waals surface area contributed by atoms with Crippen LogP contribution in [0.4, 0.5) is 4.79 Å². The highest BCUT2D eigenvalue weighted by atomic mass is 16.6. The first-order valence-electron chi connectivity index (χ1n) is 8.09. The number of carbonyl (C=O) groups is 1. The number of nitrogens with zero attached hydrogens (tertiary/aromatic N) is 1. The summed E-state index contributed by atoms with van der Waals surface area (Å²) in [7, 11) is 0. The van der Waals surface area contributed by atoms with Crippen LogP contribution >= 0.6 is 0 Å². The number of aliphatic hydroxyl groups excluding tert-OH is 1. The van der Waals surface area contributed by atoms with Crippen LogP contribution in [0.1, 0.15) is 24.8 Å². The number of nitrogens with one attached hydrogen (secondary N) is 1. The number of amides is 1. The third kappa shape index (κ3) is 3.99. The van der Waals surface area contributed by atoms with Gasteiger partial charge in [-0.3, -0.25) is 0 Å². The first kappa shape index (κ1) is 15.3. The summed E-state index contributed by atoms with van der Waals surface area (Å²) >= 11 is 0. The van der Waals surface area contributed by atoms with E-state index in [-0.39, 0.29) is 12.7 Å². The fraction of sp³-hybridized carbons (Fsp3) is 0.588. The van der Waals surface area contributed by atoms with Gasteiger partial charge in [0.1, 0.15) is 6.61 Å². The van der Waals surface area contributed by atoms with E-state index in [0.717, 1.165) is 25.1 Å². The van der Waals surface area contributed by atoms with E-state index < -0.39 is 0 Å². The fourth-order valence-electron chi connectivity index (χ4n) is 2.87. The molecule has 0 radical (unpaired) electrons. The summed E-state index contributed by atoms with van der Waals surface area (Å²) in [5.41, 5.74) is 1.00. The number of ether oxygens (including phenoxy) is 1. The van der Waals surface area contributed by atoms with Gasteiger partial charge in [0, 0.05) is 37.7 Å². The first-order valence-corrected chi connectivity index (χ1v) is 8.09. The Morgan fingerprint density at radius 1 is 1.32 bits per heavy atom. The number of rotatable bonds is 7. The Kier molecular flexibility index (Phi) is 4.95. The zero-order valence-electron chi connectivity index (χ0n) is 12.8. The first-order chi connectivity index (χ1) is 10.8. The standard InChI is InChI=1S/C17H24N2O3/c20-9-8-16(18-15-6-7-15)14-10-19(11-14)17(21)22-12-13-4-2-1-3-5-13/h1-5,14-16,18,20H,6-12H2/t16-/m0/s1. The normalized spacial score (nSPS) is 19.6. The van der Waals surface area contributed by atoms with E-state index in [4.69, 9.17) is 4.74 Å². The van der Waals surface area contributed by atoms with Gasteiger partial charge in [0.25, 0.3) is 0 Å². The van der Waals surface area contributed by atoms with Crippen molar-refractivity contribution in [3.63, 3.8) is 0 Å². The minimum absolute atomic E-state index is 0.194. The number of benzene rings is 1. The highest BCUT2D eigenvalue weighted by Gasteiger charge is 2.38. The Morgan fingerprint density at radius 2 is 2.05 bits per heavy atom. The van der Waals surface area contributed by atoms with Gasteiger partial charge in [-0.05, 0) is 24.8 Å². The molecule has 1 aromatic rings. The highest BCUT2D eigenvalue weighted by molar-refractivity contribution is 5.68. The molecule has 0 unspecified atom stereocenters. The smallest absolute Gasteiger partial charge is 0.410 e. The van der Waals surface area contributed by atoms with Gasteiger partial charge in [0.15, 0.2) is 0 Å². The molecule has 5 heteroatoms. The molecule has 1 aromatic carbocycles. The molecule has 2 aliphatic rings. The maximum atomic E-state index is 12.0. The maximum Gasteiger partial charge on any atom is 0.410 e. The molecule has 0 bridgehead atoms. The molecule has 1 amide bonds. The second kappa shape index (κ2) is 7.11. The lowest BCUT2D eigenvalue weighted by molar-refractivity contribution is 0.0339. The summed E-state index contributed by atoms with van der Waals surface area (Å²) in [4.78, 5) is 13.7. The SMILES string of the molecule is O=C(OCc1ccccc1)N1CC([C@H](CCO)NC2CC2)C1. The molecule has 120 valence electrons. The predicted molar refractivity (Wildman–Crippen MR) is 83.3 cm³/mol. The van der Waals surface area contributed by atoms with E-state index in [0.29, 0.717) is 24.6 Å². The molecular weight excluding hydrogens is 280 g/mol. The van der Waals surface area contributed by atoms with Gasteiger partial charge in [-0.2, -0.15) is 0 Å². The number of aliphatic hydroxyl groups is 1. The Morgan fingerprint density at radius 3 is 2.68 bits per heavy atom. The number of hydrogen-bond donors (Lipinski definition) is 2. The molecule has 2 N–H and O–H groups in total. The van der Waals surface area contributed by atoms with Crippen molar-refractivity contribution in [3.8, 4) is 0 Å². The molecule has 1 heterocycles. The van der Waals surface area contributed by atoms with Crippen molar-refractivity contribution in [2.24, 2.45) is 5.92 Å². The Labute approximate surface area is 131 Å². The maximum absolute atomic E-state index is 12.0. The molecule has 1 aliphatic heterocycles. The highest BCUT2D eigenvalue weighted by Crippen LogP contribution is 2.27. The third-order valence-electron chi connectivity index (χ3n) is 4.41. The second-order valence-electron chi connectivity index (χ2n) is 6.26. The van der Waals surface area contributed by atoms with E-state index in [1.165, 1.54) is 12.8 Å². The fourth-order valence-corrected chi connectivity index (χ4v) is 2.87. The lowest BCUT2D eigenvalue weighted by Gasteiger charge is -2.43. The van der Waals surface area contributed by atoms with E-state index in [1.54, 1.807) is 4.90 Å². The molecule has 0 aromatic heterocycles. The predicted octanol–water partition coefficient (Wildman–Crippen LogP) is 1.76. The molecule has 1 saturated heterocycles. The average molecular weight is 304 g/mol. The van der Waals surface area contributed by atoms with Crippen LogP contribution in [0.3, 0.4) is 0 Å². The summed E-state index contributed by atoms with van der Waals surface area (Å²) in [5.74, 6) is 0.428. The molecule has 1 atom stereocenters. The molecule has 2 fully saturated rings. The van der Waals surface area contributed by atoms with Crippen molar-refractivity contribution >= 4 is 6.09 Å². The molecule has 22 heavy (non-hydrogen) atoms. The summed E-state index contributed by atoms with van der Waals surface area (Å²) in [6.07, 6.45) is 2.98. The van der Waals surface area contributed by atoms with E-state index in [2.05, 4.69) is 5.32 Å². The van der Waals surface area contributed by atoms with Crippen LogP contribution in [0.25, 0.3) is 0 Å². The van der Waals surface area contributed by atoms with Crippen LogP contribution in [-0.4, -0.2) is 47.9 Å². The van der Waals surface area contributed by atoms with E-state index in [1.807, 2.05) is 30.3 Å². The Bertz CT molecular complexity index is 484. The molecule has 1 saturated carbocycles. The third-order valence-corrected chi connectivity index (χ3v) is 4.41. The molecule has 0 spiro atoms. The van der Waals surface area contributed by atoms with Crippen molar-refractivity contribution < 1.29 is 14.6 Å². The zero-order valence-corrected chi connectivity index (χ0v) is 12.8. The average Bonchev–Trinajstić information content (AvgIpc) is 3.29. The van der Waals surface area contributed by atoms with Crippen molar-refractivity contribution in [3.05, 3.63) is 35.9 Å². The van der Waals surface area contributed by atoms with Crippen LogP contribution in [0.2, 0.25) is 0 Å². The molecule has 1 aliphatic carbocycles. The summed E-state index contributed by atoms with van der Waals surface area (Å²) < 4.78 is 5.33. The quantitative estimate of drug-likeness (QED) is 0.806. The number of hydrogen-bond acceptors (Lipinski definition) is 4. The van der Waals surface area contributed by atoms with E-state index in [9.17, 15) is 9.90 Å². The minimum atomic E-state index is -0.241. The largest absolute Gasteiger partial charge is 0.445 e.